The molecule has 0 radical (unpaired) electrons. The quantitative estimate of drug-likeness (QED) is 0.278. The lowest BCUT2D eigenvalue weighted by atomic mass is 9.78. The van der Waals surface area contributed by atoms with Gasteiger partial charge in [0.2, 0.25) is 11.8 Å². The van der Waals surface area contributed by atoms with Gasteiger partial charge in [-0.3, -0.25) is 19.3 Å². The Kier molecular flexibility index (Phi) is 8.82. The molecule has 5 rings (SSSR count). The van der Waals surface area contributed by atoms with Crippen molar-refractivity contribution in [2.45, 2.75) is 56.3 Å². The van der Waals surface area contributed by atoms with Gasteiger partial charge in [0, 0.05) is 45.9 Å². The largest absolute Gasteiger partial charge is 0.465 e. The van der Waals surface area contributed by atoms with E-state index in [0.29, 0.717) is 52.3 Å². The van der Waals surface area contributed by atoms with Gasteiger partial charge in [0.1, 0.15) is 17.6 Å². The van der Waals surface area contributed by atoms with Crippen LogP contribution in [0.15, 0.2) is 24.3 Å². The molecule has 3 fully saturated rings. The van der Waals surface area contributed by atoms with E-state index in [0.717, 1.165) is 45.3 Å². The second kappa shape index (κ2) is 12.3. The molecular weight excluding hydrogens is 490 g/mol. The normalized spacial score (nSPS) is 34.9. The third kappa shape index (κ3) is 5.28. The Labute approximate surface area is 224 Å². The van der Waals surface area contributed by atoms with Crippen molar-refractivity contribution in [3.05, 3.63) is 24.3 Å². The molecule has 3 saturated heterocycles. The van der Waals surface area contributed by atoms with Crippen molar-refractivity contribution in [3.63, 3.8) is 0 Å². The Morgan fingerprint density at radius 3 is 2.61 bits per heavy atom. The molecule has 210 valence electrons. The van der Waals surface area contributed by atoms with Crippen molar-refractivity contribution in [1.82, 2.24) is 14.7 Å². The molecule has 5 heterocycles. The molecule has 0 bridgehead atoms. The summed E-state index contributed by atoms with van der Waals surface area (Å²) in [7, 11) is 0. The molecule has 0 saturated carbocycles. The maximum atomic E-state index is 14.2. The summed E-state index contributed by atoms with van der Waals surface area (Å²) in [5.74, 6) is -2.39. The molecule has 10 nitrogen and oxygen atoms in total. The first-order valence-corrected chi connectivity index (χ1v) is 14.3. The molecule has 1 spiro atoms. The molecule has 0 aromatic carbocycles. The Morgan fingerprint density at radius 1 is 0.947 bits per heavy atom. The molecule has 0 aromatic rings. The fourth-order valence-electron chi connectivity index (χ4n) is 6.56. The third-order valence-corrected chi connectivity index (χ3v) is 8.53. The minimum Gasteiger partial charge on any atom is -0.465 e. The Morgan fingerprint density at radius 2 is 1.79 bits per heavy atom. The lowest BCUT2D eigenvalue weighted by Gasteiger charge is -2.36. The van der Waals surface area contributed by atoms with Gasteiger partial charge in [0.05, 0.1) is 31.8 Å². The molecule has 1 unspecified atom stereocenters. The molecule has 38 heavy (non-hydrogen) atoms. The summed E-state index contributed by atoms with van der Waals surface area (Å²) < 4.78 is 17.7. The van der Waals surface area contributed by atoms with Crippen LogP contribution in [0.25, 0.3) is 0 Å². The first-order chi connectivity index (χ1) is 18.6. The van der Waals surface area contributed by atoms with E-state index in [2.05, 4.69) is 4.90 Å². The first-order valence-electron chi connectivity index (χ1n) is 14.3. The number of esters is 1. The smallest absolute Gasteiger partial charge is 0.312 e. The van der Waals surface area contributed by atoms with Crippen LogP contribution in [0.5, 0.6) is 0 Å². The highest BCUT2D eigenvalue weighted by Crippen LogP contribution is 2.53. The molecule has 0 aromatic heterocycles. The monoisotopic (exact) mass is 531 g/mol. The van der Waals surface area contributed by atoms with Gasteiger partial charge in [-0.1, -0.05) is 24.3 Å². The highest BCUT2D eigenvalue weighted by Gasteiger charge is 2.71. The van der Waals surface area contributed by atoms with Gasteiger partial charge in [0.15, 0.2) is 0 Å². The van der Waals surface area contributed by atoms with Gasteiger partial charge in [-0.2, -0.15) is 0 Å². The van der Waals surface area contributed by atoms with Crippen LogP contribution in [-0.4, -0.2) is 121 Å². The number of nitrogens with zero attached hydrogens (tertiary/aromatic N) is 3. The molecule has 5 aliphatic rings. The number of hydrogen-bond acceptors (Lipinski definition) is 8. The Balaban J connectivity index is 1.44. The van der Waals surface area contributed by atoms with Crippen molar-refractivity contribution in [2.75, 3.05) is 65.7 Å². The van der Waals surface area contributed by atoms with Crippen LogP contribution in [-0.2, 0) is 28.6 Å². The molecule has 1 N–H and O–H groups in total. The van der Waals surface area contributed by atoms with Crippen LogP contribution in [0, 0.1) is 11.8 Å². The zero-order valence-corrected chi connectivity index (χ0v) is 22.2. The van der Waals surface area contributed by atoms with Crippen molar-refractivity contribution in [1.29, 1.82) is 0 Å². The number of ether oxygens (including phenoxy) is 3. The lowest BCUT2D eigenvalue weighted by molar-refractivity contribution is -0.155. The maximum absolute atomic E-state index is 14.2. The summed E-state index contributed by atoms with van der Waals surface area (Å²) in [6, 6.07) is -0.837. The van der Waals surface area contributed by atoms with E-state index in [1.54, 1.807) is 4.90 Å². The van der Waals surface area contributed by atoms with E-state index in [4.69, 9.17) is 14.2 Å². The van der Waals surface area contributed by atoms with Crippen LogP contribution in [0.4, 0.5) is 0 Å². The maximum Gasteiger partial charge on any atom is 0.312 e. The Hall–Kier alpha value is -2.27. The second-order valence-corrected chi connectivity index (χ2v) is 10.9. The topological polar surface area (TPSA) is 109 Å². The number of likely N-dealkylation sites (tertiary alicyclic amines) is 1. The predicted octanol–water partition coefficient (Wildman–Crippen LogP) is 0.744. The number of carbonyl (C=O) groups excluding carboxylic acids is 3. The van der Waals surface area contributed by atoms with Gasteiger partial charge >= 0.3 is 5.97 Å². The SMILES string of the molecule is O=C1OCCCC/C=C\[C@@H]2O[C@]34C=CCN(CCN5CCOCC5)C(=O)C3N(CCCCCO)C(=O)[C@@H]4[C@H]12. The predicted molar refractivity (Wildman–Crippen MR) is 138 cm³/mol. The van der Waals surface area contributed by atoms with E-state index in [-0.39, 0.29) is 18.4 Å². The van der Waals surface area contributed by atoms with Crippen LogP contribution in [0.2, 0.25) is 0 Å². The number of hydrogen-bond donors (Lipinski definition) is 1. The van der Waals surface area contributed by atoms with Gasteiger partial charge in [-0.25, -0.2) is 0 Å². The highest BCUT2D eigenvalue weighted by molar-refractivity contribution is 5.99. The Bertz CT molecular complexity index is 933. The first kappa shape index (κ1) is 27.3. The van der Waals surface area contributed by atoms with E-state index in [9.17, 15) is 19.5 Å². The van der Waals surface area contributed by atoms with Crippen LogP contribution < -0.4 is 0 Å². The molecule has 2 amide bonds. The van der Waals surface area contributed by atoms with Crippen molar-refractivity contribution < 1.29 is 33.7 Å². The van der Waals surface area contributed by atoms with E-state index < -0.39 is 35.6 Å². The fraction of sp³-hybridized carbons (Fsp3) is 0.750. The van der Waals surface area contributed by atoms with Gasteiger partial charge in [0.25, 0.3) is 0 Å². The van der Waals surface area contributed by atoms with Crippen molar-refractivity contribution >= 4 is 17.8 Å². The molecule has 0 aliphatic carbocycles. The van der Waals surface area contributed by atoms with E-state index >= 15 is 0 Å². The average molecular weight is 532 g/mol. The van der Waals surface area contributed by atoms with Crippen molar-refractivity contribution in [2.24, 2.45) is 11.8 Å². The summed E-state index contributed by atoms with van der Waals surface area (Å²) in [5.41, 5.74) is -1.22. The molecule has 5 atom stereocenters. The number of rotatable bonds is 8. The standard InChI is InChI=1S/C28H41N3O7/c32-17-6-3-5-12-31-24-26(34)30(14-13-29-15-19-36-20-16-29)11-8-10-28(24)23(25(31)33)22-21(38-28)9-4-1-2-7-18-37-27(22)35/h4,8-10,21-24,32H,1-3,5-7,11-20H2/b9-4-/t21-,22+,23-,24?,28-/m0/s1. The number of allylic oxidation sites excluding steroid dienone is 1. The molecule has 10 heteroatoms. The number of morpholine rings is 1. The minimum atomic E-state index is -1.22. The van der Waals surface area contributed by atoms with Gasteiger partial charge in [-0.05, 0) is 38.5 Å². The molecule has 5 aliphatic heterocycles. The number of cyclic esters (lactones) is 1. The van der Waals surface area contributed by atoms with Crippen LogP contribution >= 0.6 is 0 Å². The number of amides is 2. The average Bonchev–Trinajstić information content (AvgIpc) is 3.31. The zero-order valence-electron chi connectivity index (χ0n) is 22.2. The highest BCUT2D eigenvalue weighted by atomic mass is 16.6. The van der Waals surface area contributed by atoms with Gasteiger partial charge < -0.3 is 29.1 Å². The number of unbranched alkanes of at least 4 members (excludes halogenated alkanes) is 2. The number of aliphatic hydroxyl groups excluding tert-OH is 1. The van der Waals surface area contributed by atoms with E-state index in [1.807, 2.05) is 29.2 Å². The fourth-order valence-corrected chi connectivity index (χ4v) is 6.56. The summed E-state index contributed by atoms with van der Waals surface area (Å²) in [6.07, 6.45) is 11.7. The summed E-state index contributed by atoms with van der Waals surface area (Å²) in [5, 5.41) is 9.22. The van der Waals surface area contributed by atoms with E-state index in [1.165, 1.54) is 0 Å². The zero-order chi connectivity index (χ0) is 26.5. The van der Waals surface area contributed by atoms with Crippen molar-refractivity contribution in [3.8, 4) is 0 Å². The summed E-state index contributed by atoms with van der Waals surface area (Å²) in [6.45, 7) is 5.56. The second-order valence-electron chi connectivity index (χ2n) is 10.9. The van der Waals surface area contributed by atoms with Crippen LogP contribution in [0.3, 0.4) is 0 Å². The lowest BCUT2D eigenvalue weighted by Crippen LogP contribution is -2.56. The summed E-state index contributed by atoms with van der Waals surface area (Å²) >= 11 is 0. The third-order valence-electron chi connectivity index (χ3n) is 8.53. The van der Waals surface area contributed by atoms with Crippen LogP contribution in [0.1, 0.15) is 38.5 Å². The summed E-state index contributed by atoms with van der Waals surface area (Å²) in [4.78, 5) is 47.4. The molecular formula is C28H41N3O7. The van der Waals surface area contributed by atoms with Gasteiger partial charge in [-0.15, -0.1) is 0 Å². The minimum absolute atomic E-state index is 0.0893. The number of fused-ring (bicyclic) bond motifs is 2. The number of carbonyl (C=O) groups is 3. The number of aliphatic hydroxyl groups is 1.